The molecule has 0 saturated heterocycles. The Morgan fingerprint density at radius 2 is 2.20 bits per heavy atom. The van der Waals surface area contributed by atoms with Crippen LogP contribution in [-0.2, 0) is 0 Å². The first-order valence-corrected chi connectivity index (χ1v) is 4.30. The average molecular weight is 206 g/mol. The molecule has 0 amide bonds. The Kier molecular flexibility index (Phi) is 2.44. The third-order valence-electron chi connectivity index (χ3n) is 1.74. The molecule has 0 fully saturated rings. The summed E-state index contributed by atoms with van der Waals surface area (Å²) in [6.07, 6.45) is 4.59. The number of nitrogens with one attached hydrogen (secondary N) is 1. The molecule has 78 valence electrons. The smallest absolute Gasteiger partial charge is 0.191 e. The minimum absolute atomic E-state index is 0.589. The van der Waals surface area contributed by atoms with Gasteiger partial charge in [0.2, 0.25) is 0 Å². The van der Waals surface area contributed by atoms with Crippen LogP contribution < -0.4 is 5.43 Å². The summed E-state index contributed by atoms with van der Waals surface area (Å²) >= 11 is 0. The number of aromatic nitrogens is 4. The van der Waals surface area contributed by atoms with E-state index in [0.717, 1.165) is 0 Å². The maximum Gasteiger partial charge on any atom is 0.191 e. The summed E-state index contributed by atoms with van der Waals surface area (Å²) in [7, 11) is 1.66. The van der Waals surface area contributed by atoms with Gasteiger partial charge in [0.15, 0.2) is 11.7 Å². The monoisotopic (exact) mass is 206 g/mol. The third-order valence-corrected chi connectivity index (χ3v) is 1.74. The van der Waals surface area contributed by atoms with Crippen molar-refractivity contribution in [2.24, 2.45) is 4.99 Å². The van der Waals surface area contributed by atoms with Crippen LogP contribution in [0.5, 0.6) is 0 Å². The number of oxazole rings is 1. The average Bonchev–Trinajstić information content (AvgIpc) is 2.85. The number of hydrogen-bond acceptors (Lipinski definition) is 5. The lowest BCUT2D eigenvalue weighted by molar-refractivity contribution is 0.521. The van der Waals surface area contributed by atoms with Crippen molar-refractivity contribution in [1.29, 1.82) is 0 Å². The first-order chi connectivity index (χ1) is 7.29. The molecule has 2 heterocycles. The van der Waals surface area contributed by atoms with E-state index in [0.29, 0.717) is 17.4 Å². The van der Waals surface area contributed by atoms with Crippen molar-refractivity contribution < 1.29 is 4.42 Å². The maximum absolute atomic E-state index is 5.09. The van der Waals surface area contributed by atoms with Gasteiger partial charge in [0.25, 0.3) is 0 Å². The molecule has 0 atom stereocenters. The lowest BCUT2D eigenvalue weighted by Crippen LogP contribution is -2.23. The van der Waals surface area contributed by atoms with E-state index in [-0.39, 0.29) is 0 Å². The number of hydrogen-bond donors (Lipinski definition) is 1. The lowest BCUT2D eigenvalue weighted by atomic mass is 10.4. The molecule has 0 aromatic carbocycles. The summed E-state index contributed by atoms with van der Waals surface area (Å²) in [5.74, 6) is 1.18. The zero-order valence-electron chi connectivity index (χ0n) is 8.38. The molecule has 7 nitrogen and oxygen atoms in total. The number of aliphatic imine (C=N–C) groups is 1. The maximum atomic E-state index is 5.09. The molecule has 2 aromatic rings. The minimum Gasteiger partial charge on any atom is -0.449 e. The Labute approximate surface area is 85.8 Å². The van der Waals surface area contributed by atoms with Crippen LogP contribution in [0.15, 0.2) is 28.3 Å². The van der Waals surface area contributed by atoms with Crippen LogP contribution in [0, 0.1) is 6.92 Å². The Morgan fingerprint density at radius 3 is 2.73 bits per heavy atom. The Bertz CT molecular complexity index is 457. The van der Waals surface area contributed by atoms with Gasteiger partial charge in [-0.15, -0.1) is 10.2 Å². The summed E-state index contributed by atoms with van der Waals surface area (Å²) in [6.45, 7) is 1.77. The van der Waals surface area contributed by atoms with E-state index in [1.807, 2.05) is 0 Å². The second-order valence-electron chi connectivity index (χ2n) is 2.80. The van der Waals surface area contributed by atoms with Gasteiger partial charge in [0.05, 0.1) is 0 Å². The van der Waals surface area contributed by atoms with Crippen LogP contribution >= 0.6 is 0 Å². The highest BCUT2D eigenvalue weighted by molar-refractivity contribution is 6.02. The van der Waals surface area contributed by atoms with Crippen LogP contribution in [0.2, 0.25) is 0 Å². The van der Waals surface area contributed by atoms with Gasteiger partial charge in [0, 0.05) is 14.0 Å². The van der Waals surface area contributed by atoms with Gasteiger partial charge >= 0.3 is 0 Å². The predicted molar refractivity (Wildman–Crippen MR) is 53.1 cm³/mol. The summed E-state index contributed by atoms with van der Waals surface area (Å²) in [6, 6.07) is 0. The summed E-state index contributed by atoms with van der Waals surface area (Å²) in [5, 5.41) is 7.32. The number of rotatable bonds is 2. The van der Waals surface area contributed by atoms with Gasteiger partial charge in [-0.2, -0.15) is 0 Å². The molecule has 0 bridgehead atoms. The fraction of sp³-hybridized carbons (Fsp3) is 0.250. The fourth-order valence-electron chi connectivity index (χ4n) is 1.07. The first-order valence-electron chi connectivity index (χ1n) is 4.30. The van der Waals surface area contributed by atoms with E-state index in [4.69, 9.17) is 4.42 Å². The normalized spacial score (nSPS) is 11.7. The third kappa shape index (κ3) is 2.01. The molecule has 7 heteroatoms. The van der Waals surface area contributed by atoms with Gasteiger partial charge in [-0.25, -0.2) is 9.66 Å². The predicted octanol–water partition coefficient (Wildman–Crippen LogP) is 0.195. The zero-order chi connectivity index (χ0) is 10.7. The molecule has 2 rings (SSSR count). The van der Waals surface area contributed by atoms with E-state index >= 15 is 0 Å². The highest BCUT2D eigenvalue weighted by Crippen LogP contribution is 2.01. The molecular formula is C8H10N6O. The van der Waals surface area contributed by atoms with Crippen molar-refractivity contribution in [3.8, 4) is 0 Å². The standard InChI is InChI=1S/C8H10N6O/c1-6-12-7(3-15-6)8(9-2)13-14-4-10-11-5-14/h3-5H,1-2H3,(H,9,13). The van der Waals surface area contributed by atoms with Gasteiger partial charge in [-0.3, -0.25) is 10.4 Å². The van der Waals surface area contributed by atoms with Crippen LogP contribution in [0.3, 0.4) is 0 Å². The van der Waals surface area contributed by atoms with Crippen LogP contribution in [0.25, 0.3) is 0 Å². The van der Waals surface area contributed by atoms with E-state index < -0.39 is 0 Å². The van der Waals surface area contributed by atoms with Gasteiger partial charge in [-0.05, 0) is 0 Å². The quantitative estimate of drug-likeness (QED) is 0.560. The Morgan fingerprint density at radius 1 is 1.47 bits per heavy atom. The minimum atomic E-state index is 0.589. The molecule has 0 aliphatic carbocycles. The van der Waals surface area contributed by atoms with Crippen molar-refractivity contribution in [2.75, 3.05) is 12.5 Å². The molecule has 2 aromatic heterocycles. The van der Waals surface area contributed by atoms with Crippen molar-refractivity contribution in [2.45, 2.75) is 6.92 Å². The summed E-state index contributed by atoms with van der Waals surface area (Å²) in [4.78, 5) is 8.20. The molecule has 15 heavy (non-hydrogen) atoms. The molecule has 1 N–H and O–H groups in total. The topological polar surface area (TPSA) is 81.1 Å². The number of amidine groups is 1. The molecule has 0 spiro atoms. The number of nitrogens with zero attached hydrogens (tertiary/aromatic N) is 5. The van der Waals surface area contributed by atoms with E-state index in [2.05, 4.69) is 25.6 Å². The van der Waals surface area contributed by atoms with Gasteiger partial charge < -0.3 is 4.42 Å². The fourth-order valence-corrected chi connectivity index (χ4v) is 1.07. The Balaban J connectivity index is 2.19. The second kappa shape index (κ2) is 3.91. The van der Waals surface area contributed by atoms with Gasteiger partial charge in [0.1, 0.15) is 24.6 Å². The van der Waals surface area contributed by atoms with Gasteiger partial charge in [-0.1, -0.05) is 0 Å². The van der Waals surface area contributed by atoms with Crippen molar-refractivity contribution >= 4 is 5.84 Å². The second-order valence-corrected chi connectivity index (χ2v) is 2.80. The van der Waals surface area contributed by atoms with E-state index in [1.165, 1.54) is 18.9 Å². The van der Waals surface area contributed by atoms with E-state index in [1.54, 1.807) is 18.6 Å². The van der Waals surface area contributed by atoms with Crippen molar-refractivity contribution in [3.05, 3.63) is 30.5 Å². The highest BCUT2D eigenvalue weighted by atomic mass is 16.3. The van der Waals surface area contributed by atoms with Crippen molar-refractivity contribution in [1.82, 2.24) is 19.9 Å². The van der Waals surface area contributed by atoms with E-state index in [9.17, 15) is 0 Å². The number of aryl methyl sites for hydroxylation is 1. The first kappa shape index (κ1) is 9.38. The van der Waals surface area contributed by atoms with Crippen LogP contribution in [0.4, 0.5) is 0 Å². The molecule has 0 radical (unpaired) electrons. The molecule has 0 aliphatic heterocycles. The largest absolute Gasteiger partial charge is 0.449 e. The molecule has 0 aliphatic rings. The summed E-state index contributed by atoms with van der Waals surface area (Å²) in [5.41, 5.74) is 3.60. The lowest BCUT2D eigenvalue weighted by Gasteiger charge is -2.05. The highest BCUT2D eigenvalue weighted by Gasteiger charge is 2.07. The van der Waals surface area contributed by atoms with Crippen LogP contribution in [-0.4, -0.2) is 32.7 Å². The SMILES string of the molecule is CN=C(Nn1cnnc1)c1coc(C)n1. The Hall–Kier alpha value is -2.18. The molecular weight excluding hydrogens is 196 g/mol. The zero-order valence-corrected chi connectivity index (χ0v) is 8.38. The molecule has 0 saturated carbocycles. The van der Waals surface area contributed by atoms with Crippen LogP contribution in [0.1, 0.15) is 11.6 Å². The summed E-state index contributed by atoms with van der Waals surface area (Å²) < 4.78 is 6.67. The molecule has 0 unspecified atom stereocenters. The van der Waals surface area contributed by atoms with Crippen molar-refractivity contribution in [3.63, 3.8) is 0 Å².